The van der Waals surface area contributed by atoms with E-state index in [1.165, 1.54) is 22.4 Å². The highest BCUT2D eigenvalue weighted by Crippen LogP contribution is 2.30. The Bertz CT molecular complexity index is 540. The minimum atomic E-state index is 0.438. The minimum absolute atomic E-state index is 0.438. The van der Waals surface area contributed by atoms with Gasteiger partial charge in [0.05, 0.1) is 0 Å². The second-order valence-electron chi connectivity index (χ2n) is 5.28. The Morgan fingerprint density at radius 2 is 1.65 bits per heavy atom. The summed E-state index contributed by atoms with van der Waals surface area (Å²) in [4.78, 5) is 2.16. The molecule has 2 nitrogen and oxygen atoms in total. The lowest BCUT2D eigenvalue weighted by molar-refractivity contribution is 0.577. The minimum Gasteiger partial charge on any atom is -0.377 e. The number of anilines is 1. The van der Waals surface area contributed by atoms with Crippen molar-refractivity contribution in [2.45, 2.75) is 19.4 Å². The van der Waals surface area contributed by atoms with Gasteiger partial charge in [-0.25, -0.2) is 0 Å². The Morgan fingerprint density at radius 3 is 2.20 bits per heavy atom. The van der Waals surface area contributed by atoms with Crippen LogP contribution < -0.4 is 10.2 Å². The largest absolute Gasteiger partial charge is 0.377 e. The van der Waals surface area contributed by atoms with E-state index in [9.17, 15) is 0 Å². The molecule has 2 heteroatoms. The van der Waals surface area contributed by atoms with Gasteiger partial charge in [-0.2, -0.15) is 0 Å². The Labute approximate surface area is 122 Å². The fraction of sp³-hybridized carbons (Fsp3) is 0.333. The molecule has 0 radical (unpaired) electrons. The van der Waals surface area contributed by atoms with Crippen molar-refractivity contribution in [3.8, 4) is 11.1 Å². The third-order valence-electron chi connectivity index (χ3n) is 3.77. The molecule has 0 saturated carbocycles. The number of nitrogens with one attached hydrogen (secondary N) is 1. The molecule has 0 aliphatic heterocycles. The van der Waals surface area contributed by atoms with Crippen molar-refractivity contribution in [1.82, 2.24) is 5.32 Å². The van der Waals surface area contributed by atoms with E-state index in [1.54, 1.807) is 0 Å². The topological polar surface area (TPSA) is 15.3 Å². The summed E-state index contributed by atoms with van der Waals surface area (Å²) in [5.74, 6) is 0. The molecule has 2 aromatic carbocycles. The van der Waals surface area contributed by atoms with Gasteiger partial charge < -0.3 is 10.2 Å². The molecule has 20 heavy (non-hydrogen) atoms. The molecule has 1 N–H and O–H groups in total. The van der Waals surface area contributed by atoms with Gasteiger partial charge in [0, 0.05) is 31.4 Å². The van der Waals surface area contributed by atoms with E-state index in [2.05, 4.69) is 79.8 Å². The number of hydrogen-bond acceptors (Lipinski definition) is 2. The smallest absolute Gasteiger partial charge is 0.0440 e. The zero-order valence-electron chi connectivity index (χ0n) is 12.9. The molecule has 0 amide bonds. The molecule has 106 valence electrons. The Balaban J connectivity index is 2.35. The second kappa shape index (κ2) is 6.58. The first-order valence-electron chi connectivity index (χ1n) is 7.21. The first kappa shape index (κ1) is 14.6. The average molecular weight is 268 g/mol. The van der Waals surface area contributed by atoms with Gasteiger partial charge in [0.1, 0.15) is 0 Å². The maximum Gasteiger partial charge on any atom is 0.0440 e. The summed E-state index contributed by atoms with van der Waals surface area (Å²) in [6, 6.07) is 17.9. The van der Waals surface area contributed by atoms with Crippen molar-refractivity contribution in [3.63, 3.8) is 0 Å². The van der Waals surface area contributed by atoms with E-state index in [0.717, 1.165) is 6.42 Å². The maximum atomic E-state index is 3.35. The summed E-state index contributed by atoms with van der Waals surface area (Å²) in [6.07, 6.45) is 1.10. The van der Waals surface area contributed by atoms with Crippen LogP contribution in [0.25, 0.3) is 11.1 Å². The van der Waals surface area contributed by atoms with E-state index in [1.807, 2.05) is 7.05 Å². The lowest BCUT2D eigenvalue weighted by atomic mass is 9.98. The van der Waals surface area contributed by atoms with Crippen LogP contribution in [0.5, 0.6) is 0 Å². The first-order chi connectivity index (χ1) is 9.67. The highest BCUT2D eigenvalue weighted by atomic mass is 15.1. The summed E-state index contributed by atoms with van der Waals surface area (Å²) < 4.78 is 0. The normalized spacial score (nSPS) is 12.2. The van der Waals surface area contributed by atoms with Crippen molar-refractivity contribution >= 4 is 5.69 Å². The van der Waals surface area contributed by atoms with Crippen LogP contribution in [0.4, 0.5) is 5.69 Å². The van der Waals surface area contributed by atoms with E-state index in [0.29, 0.717) is 6.04 Å². The maximum absolute atomic E-state index is 3.35. The zero-order valence-corrected chi connectivity index (χ0v) is 12.9. The molecule has 0 aliphatic rings. The standard InChI is InChI=1S/C18H24N2/c1-5-17(19-2)15-12-10-14(11-13-15)16-8-6-7-9-18(16)20(3)4/h6-13,17,19H,5H2,1-4H3. The van der Waals surface area contributed by atoms with Crippen molar-refractivity contribution in [1.29, 1.82) is 0 Å². The lowest BCUT2D eigenvalue weighted by Gasteiger charge is -2.18. The molecule has 0 saturated heterocycles. The molecular weight excluding hydrogens is 244 g/mol. The summed E-state index contributed by atoms with van der Waals surface area (Å²) >= 11 is 0. The molecular formula is C18H24N2. The van der Waals surface area contributed by atoms with Crippen LogP contribution in [0.3, 0.4) is 0 Å². The molecule has 0 bridgehead atoms. The summed E-state index contributed by atoms with van der Waals surface area (Å²) in [5.41, 5.74) is 5.15. The predicted molar refractivity (Wildman–Crippen MR) is 88.3 cm³/mol. The van der Waals surface area contributed by atoms with Gasteiger partial charge in [-0.05, 0) is 30.7 Å². The van der Waals surface area contributed by atoms with Crippen LogP contribution in [0.2, 0.25) is 0 Å². The highest BCUT2D eigenvalue weighted by molar-refractivity contribution is 5.78. The predicted octanol–water partition coefficient (Wildman–Crippen LogP) is 4.09. The van der Waals surface area contributed by atoms with Gasteiger partial charge in [-0.15, -0.1) is 0 Å². The fourth-order valence-corrected chi connectivity index (χ4v) is 2.61. The Hall–Kier alpha value is -1.80. The van der Waals surface area contributed by atoms with Crippen LogP contribution in [0.15, 0.2) is 48.5 Å². The number of rotatable bonds is 5. The third kappa shape index (κ3) is 3.02. The SMILES string of the molecule is CCC(NC)c1ccc(-c2ccccc2N(C)C)cc1. The number of hydrogen-bond donors (Lipinski definition) is 1. The van der Waals surface area contributed by atoms with Gasteiger partial charge in [-0.1, -0.05) is 49.4 Å². The van der Waals surface area contributed by atoms with Gasteiger partial charge in [-0.3, -0.25) is 0 Å². The Kier molecular flexibility index (Phi) is 4.80. The van der Waals surface area contributed by atoms with Crippen molar-refractivity contribution in [2.75, 3.05) is 26.0 Å². The molecule has 0 fully saturated rings. The third-order valence-corrected chi connectivity index (χ3v) is 3.77. The quantitative estimate of drug-likeness (QED) is 0.878. The first-order valence-corrected chi connectivity index (χ1v) is 7.21. The second-order valence-corrected chi connectivity index (χ2v) is 5.28. The molecule has 0 aromatic heterocycles. The summed E-state index contributed by atoms with van der Waals surface area (Å²) in [6.45, 7) is 2.20. The van der Waals surface area contributed by atoms with E-state index in [-0.39, 0.29) is 0 Å². The number of nitrogens with zero attached hydrogens (tertiary/aromatic N) is 1. The van der Waals surface area contributed by atoms with Gasteiger partial charge in [0.25, 0.3) is 0 Å². The van der Waals surface area contributed by atoms with Crippen LogP contribution in [0.1, 0.15) is 24.9 Å². The summed E-state index contributed by atoms with van der Waals surface area (Å²) in [7, 11) is 6.19. The van der Waals surface area contributed by atoms with Crippen molar-refractivity contribution in [3.05, 3.63) is 54.1 Å². The van der Waals surface area contributed by atoms with Crippen molar-refractivity contribution in [2.24, 2.45) is 0 Å². The van der Waals surface area contributed by atoms with Gasteiger partial charge in [0.15, 0.2) is 0 Å². The van der Waals surface area contributed by atoms with Crippen LogP contribution in [-0.4, -0.2) is 21.1 Å². The van der Waals surface area contributed by atoms with Crippen LogP contribution in [-0.2, 0) is 0 Å². The number of benzene rings is 2. The molecule has 2 aromatic rings. The van der Waals surface area contributed by atoms with E-state index < -0.39 is 0 Å². The zero-order chi connectivity index (χ0) is 14.5. The number of para-hydroxylation sites is 1. The lowest BCUT2D eigenvalue weighted by Crippen LogP contribution is -2.15. The van der Waals surface area contributed by atoms with E-state index in [4.69, 9.17) is 0 Å². The van der Waals surface area contributed by atoms with Crippen molar-refractivity contribution < 1.29 is 0 Å². The molecule has 0 aliphatic carbocycles. The fourth-order valence-electron chi connectivity index (χ4n) is 2.61. The molecule has 1 unspecified atom stereocenters. The highest BCUT2D eigenvalue weighted by Gasteiger charge is 2.09. The van der Waals surface area contributed by atoms with Crippen LogP contribution >= 0.6 is 0 Å². The average Bonchev–Trinajstić information content (AvgIpc) is 2.49. The van der Waals surface area contributed by atoms with Crippen LogP contribution in [0, 0.1) is 0 Å². The molecule has 0 heterocycles. The summed E-state index contributed by atoms with van der Waals surface area (Å²) in [5, 5.41) is 3.35. The molecule has 1 atom stereocenters. The molecule has 2 rings (SSSR count). The van der Waals surface area contributed by atoms with Gasteiger partial charge in [0.2, 0.25) is 0 Å². The monoisotopic (exact) mass is 268 g/mol. The molecule has 0 spiro atoms. The van der Waals surface area contributed by atoms with Gasteiger partial charge >= 0.3 is 0 Å². The van der Waals surface area contributed by atoms with E-state index >= 15 is 0 Å². The Morgan fingerprint density at radius 1 is 1.00 bits per heavy atom.